The van der Waals surface area contributed by atoms with Gasteiger partial charge in [-0.05, 0) is 25.5 Å². The highest BCUT2D eigenvalue weighted by Gasteiger charge is 2.62. The third-order valence-electron chi connectivity index (χ3n) is 4.29. The van der Waals surface area contributed by atoms with E-state index in [1.54, 1.807) is 12.1 Å². The van der Waals surface area contributed by atoms with Crippen LogP contribution in [0, 0.1) is 18.3 Å². The van der Waals surface area contributed by atoms with Crippen LogP contribution < -0.4 is 0 Å². The molecule has 1 aliphatic heterocycles. The average molecular weight is 275 g/mol. The van der Waals surface area contributed by atoms with Gasteiger partial charge in [0.25, 0.3) is 10.0 Å². The minimum atomic E-state index is -3.47. The Kier molecular flexibility index (Phi) is 2.45. The second kappa shape index (κ2) is 3.73. The van der Waals surface area contributed by atoms with Crippen LogP contribution in [0.2, 0.25) is 0 Å². The fraction of sp³-hybridized carbons (Fsp3) is 0.333. The van der Waals surface area contributed by atoms with E-state index in [-0.39, 0.29) is 11.3 Å². The number of nitrogens with zero attached hydrogens (tertiary/aromatic N) is 1. The van der Waals surface area contributed by atoms with Gasteiger partial charge in [0, 0.05) is 23.6 Å². The third-order valence-corrected chi connectivity index (χ3v) is 6.11. The van der Waals surface area contributed by atoms with E-state index in [2.05, 4.69) is 13.2 Å². The minimum absolute atomic E-state index is 0.0607. The number of piperidine rings is 1. The van der Waals surface area contributed by atoms with Gasteiger partial charge < -0.3 is 0 Å². The summed E-state index contributed by atoms with van der Waals surface area (Å²) in [7, 11) is -3.47. The average Bonchev–Trinajstić information content (AvgIpc) is 3.04. The van der Waals surface area contributed by atoms with Crippen LogP contribution in [0.1, 0.15) is 12.0 Å². The first-order valence-electron chi connectivity index (χ1n) is 6.32. The van der Waals surface area contributed by atoms with E-state index in [0.29, 0.717) is 17.1 Å². The molecule has 19 heavy (non-hydrogen) atoms. The second-order valence-electron chi connectivity index (χ2n) is 5.51. The summed E-state index contributed by atoms with van der Waals surface area (Å²) in [6.45, 7) is 10.2. The lowest BCUT2D eigenvalue weighted by Crippen LogP contribution is -2.30. The number of sulfonamides is 1. The molecule has 3 rings (SSSR count). The van der Waals surface area contributed by atoms with E-state index < -0.39 is 10.0 Å². The molecule has 0 unspecified atom stereocenters. The summed E-state index contributed by atoms with van der Waals surface area (Å²) < 4.78 is 26.7. The maximum Gasteiger partial charge on any atom is 0.264 e. The van der Waals surface area contributed by atoms with Gasteiger partial charge in [-0.1, -0.05) is 30.4 Å². The molecule has 1 heterocycles. The Hall–Kier alpha value is -1.55. The topological polar surface area (TPSA) is 37.4 Å². The standard InChI is InChI=1S/C15H17NO2S/c1-4-15-9-14(15)12(3)16(10-15)19(17,18)13-7-5-11(2)6-8-13/h4-8,14H,1,3,9-10H2,2H3/t14-,15+/m1/s1. The van der Waals surface area contributed by atoms with Crippen LogP contribution in [0.15, 0.2) is 54.1 Å². The van der Waals surface area contributed by atoms with Gasteiger partial charge in [0.15, 0.2) is 0 Å². The highest BCUT2D eigenvalue weighted by atomic mass is 32.2. The highest BCUT2D eigenvalue weighted by molar-refractivity contribution is 7.89. The zero-order valence-electron chi connectivity index (χ0n) is 11.0. The maximum absolute atomic E-state index is 12.6. The molecule has 1 aromatic carbocycles. The zero-order valence-corrected chi connectivity index (χ0v) is 11.8. The molecule has 0 spiro atoms. The van der Waals surface area contributed by atoms with Crippen LogP contribution in [0.25, 0.3) is 0 Å². The number of aryl methyl sites for hydroxylation is 1. The van der Waals surface area contributed by atoms with Gasteiger partial charge in [-0.25, -0.2) is 8.42 Å². The summed E-state index contributed by atoms with van der Waals surface area (Å²) in [5.41, 5.74) is 1.69. The van der Waals surface area contributed by atoms with Gasteiger partial charge in [0.1, 0.15) is 0 Å². The van der Waals surface area contributed by atoms with Crippen molar-refractivity contribution in [2.24, 2.45) is 11.3 Å². The van der Waals surface area contributed by atoms with E-state index in [4.69, 9.17) is 0 Å². The van der Waals surface area contributed by atoms with Crippen LogP contribution in [-0.4, -0.2) is 19.3 Å². The van der Waals surface area contributed by atoms with Crippen molar-refractivity contribution in [3.05, 3.63) is 54.8 Å². The third kappa shape index (κ3) is 1.66. The number of benzene rings is 1. The lowest BCUT2D eigenvalue weighted by Gasteiger charge is -2.23. The van der Waals surface area contributed by atoms with Crippen LogP contribution in [0.4, 0.5) is 0 Å². The Morgan fingerprint density at radius 3 is 2.53 bits per heavy atom. The van der Waals surface area contributed by atoms with Crippen molar-refractivity contribution in [3.8, 4) is 0 Å². The molecule has 0 bridgehead atoms. The molecule has 0 radical (unpaired) electrons. The van der Waals surface area contributed by atoms with Crippen molar-refractivity contribution in [1.29, 1.82) is 0 Å². The van der Waals surface area contributed by atoms with Crippen molar-refractivity contribution in [2.45, 2.75) is 18.2 Å². The fourth-order valence-corrected chi connectivity index (χ4v) is 4.44. The molecule has 0 N–H and O–H groups in total. The van der Waals surface area contributed by atoms with Gasteiger partial charge >= 0.3 is 0 Å². The number of fused-ring (bicyclic) bond motifs is 1. The van der Waals surface area contributed by atoms with E-state index in [9.17, 15) is 8.42 Å². The molecule has 1 aliphatic carbocycles. The summed E-state index contributed by atoms with van der Waals surface area (Å²) in [6, 6.07) is 6.94. The Morgan fingerprint density at radius 1 is 1.37 bits per heavy atom. The molecule has 3 nitrogen and oxygen atoms in total. The molecule has 4 heteroatoms. The number of hydrogen-bond donors (Lipinski definition) is 0. The monoisotopic (exact) mass is 275 g/mol. The van der Waals surface area contributed by atoms with Gasteiger partial charge in [-0.2, -0.15) is 0 Å². The van der Waals surface area contributed by atoms with E-state index in [1.165, 1.54) is 4.31 Å². The number of allylic oxidation sites excluding steroid dienone is 1. The molecular formula is C15H17NO2S. The Balaban J connectivity index is 1.96. The lowest BCUT2D eigenvalue weighted by molar-refractivity contribution is 0.464. The molecule has 2 aliphatic rings. The van der Waals surface area contributed by atoms with Crippen molar-refractivity contribution < 1.29 is 8.42 Å². The van der Waals surface area contributed by atoms with Crippen molar-refractivity contribution in [1.82, 2.24) is 4.31 Å². The number of rotatable bonds is 3. The maximum atomic E-state index is 12.6. The van der Waals surface area contributed by atoms with E-state index in [0.717, 1.165) is 12.0 Å². The van der Waals surface area contributed by atoms with E-state index >= 15 is 0 Å². The molecule has 0 aromatic heterocycles. The van der Waals surface area contributed by atoms with Crippen molar-refractivity contribution >= 4 is 10.0 Å². The van der Waals surface area contributed by atoms with Crippen molar-refractivity contribution in [3.63, 3.8) is 0 Å². The summed E-state index contributed by atoms with van der Waals surface area (Å²) >= 11 is 0. The predicted molar refractivity (Wildman–Crippen MR) is 74.9 cm³/mol. The minimum Gasteiger partial charge on any atom is -0.270 e. The Bertz CT molecular complexity index is 660. The van der Waals surface area contributed by atoms with E-state index in [1.807, 2.05) is 25.1 Å². The highest BCUT2D eigenvalue weighted by Crippen LogP contribution is 2.63. The van der Waals surface area contributed by atoms with Crippen LogP contribution in [0.5, 0.6) is 0 Å². The van der Waals surface area contributed by atoms with Crippen LogP contribution in [-0.2, 0) is 10.0 Å². The molecule has 1 aromatic rings. The fourth-order valence-electron chi connectivity index (χ4n) is 2.86. The molecule has 2 fully saturated rings. The number of hydrogen-bond acceptors (Lipinski definition) is 2. The quantitative estimate of drug-likeness (QED) is 0.795. The van der Waals surface area contributed by atoms with Gasteiger partial charge in [0.2, 0.25) is 0 Å². The lowest BCUT2D eigenvalue weighted by atomic mass is 10.1. The molecule has 100 valence electrons. The van der Waals surface area contributed by atoms with Crippen LogP contribution >= 0.6 is 0 Å². The summed E-state index contributed by atoms with van der Waals surface area (Å²) in [4.78, 5) is 0.333. The van der Waals surface area contributed by atoms with Gasteiger partial charge in [-0.3, -0.25) is 4.31 Å². The SMILES string of the molecule is C=C[C@@]12C[C@@H]1C(=C)N(S(=O)(=O)c1ccc(C)cc1)C2. The first-order chi connectivity index (χ1) is 8.90. The molecule has 0 amide bonds. The smallest absolute Gasteiger partial charge is 0.264 e. The van der Waals surface area contributed by atoms with Gasteiger partial charge in [-0.15, -0.1) is 6.58 Å². The first-order valence-corrected chi connectivity index (χ1v) is 7.76. The summed E-state index contributed by atoms with van der Waals surface area (Å²) in [6.07, 6.45) is 2.86. The summed E-state index contributed by atoms with van der Waals surface area (Å²) in [5.74, 6) is 0.255. The molecule has 2 atom stereocenters. The zero-order chi connectivity index (χ0) is 13.8. The van der Waals surface area contributed by atoms with Crippen LogP contribution in [0.3, 0.4) is 0 Å². The molecular weight excluding hydrogens is 258 g/mol. The first kappa shape index (κ1) is 12.5. The van der Waals surface area contributed by atoms with Crippen molar-refractivity contribution in [2.75, 3.05) is 6.54 Å². The second-order valence-corrected chi connectivity index (χ2v) is 7.37. The Labute approximate surface area is 114 Å². The molecule has 1 saturated heterocycles. The Morgan fingerprint density at radius 2 is 2.00 bits per heavy atom. The summed E-state index contributed by atoms with van der Waals surface area (Å²) in [5, 5.41) is 0. The van der Waals surface area contributed by atoms with Gasteiger partial charge in [0.05, 0.1) is 4.90 Å². The largest absolute Gasteiger partial charge is 0.270 e. The molecule has 1 saturated carbocycles. The normalized spacial score (nSPS) is 29.2. The predicted octanol–water partition coefficient (Wildman–Crippen LogP) is 2.71.